The molecule has 0 aliphatic carbocycles. The second-order valence-electron chi connectivity index (χ2n) is 7.38. The summed E-state index contributed by atoms with van der Waals surface area (Å²) in [6.45, 7) is -0.149. The molecule has 3 aromatic carbocycles. The number of hydrogen-bond acceptors (Lipinski definition) is 6. The van der Waals surface area contributed by atoms with Crippen LogP contribution in [0.3, 0.4) is 0 Å². The third kappa shape index (κ3) is 4.10. The normalized spacial score (nSPS) is 13.0. The lowest BCUT2D eigenvalue weighted by atomic mass is 9.95. The van der Waals surface area contributed by atoms with E-state index in [0.717, 1.165) is 0 Å². The van der Waals surface area contributed by atoms with Gasteiger partial charge in [0.05, 0.1) is 11.1 Å². The van der Waals surface area contributed by atoms with E-state index < -0.39 is 11.9 Å². The maximum Gasteiger partial charge on any atom is 0.258 e. The molecule has 8 heteroatoms. The van der Waals surface area contributed by atoms with Crippen LogP contribution in [0.5, 0.6) is 23.0 Å². The molecule has 1 amide bonds. The van der Waals surface area contributed by atoms with Gasteiger partial charge >= 0.3 is 0 Å². The highest BCUT2D eigenvalue weighted by atomic mass is 35.5. The van der Waals surface area contributed by atoms with Crippen LogP contribution in [0.25, 0.3) is 10.9 Å². The summed E-state index contributed by atoms with van der Waals surface area (Å²) in [5.41, 5.74) is 1.33. The first-order valence-corrected chi connectivity index (χ1v) is 10.6. The summed E-state index contributed by atoms with van der Waals surface area (Å²) in [7, 11) is 0. The van der Waals surface area contributed by atoms with Crippen LogP contribution in [0.15, 0.2) is 72.9 Å². The fourth-order valence-corrected chi connectivity index (χ4v) is 4.07. The van der Waals surface area contributed by atoms with Crippen LogP contribution in [-0.4, -0.2) is 29.4 Å². The highest BCUT2D eigenvalue weighted by Gasteiger charge is 2.29. The maximum absolute atomic E-state index is 12.9. The number of para-hydroxylation sites is 2. The Morgan fingerprint density at radius 3 is 2.79 bits per heavy atom. The zero-order valence-electron chi connectivity index (χ0n) is 17.3. The number of phenolic OH excluding ortho intramolecular Hbond substituents is 1. The molecule has 166 valence electrons. The number of benzene rings is 3. The number of phenols is 1. The minimum atomic E-state index is -0.794. The molecule has 0 bridgehead atoms. The molecule has 4 aromatic rings. The van der Waals surface area contributed by atoms with Gasteiger partial charge in [-0.2, -0.15) is 0 Å². The number of fused-ring (bicyclic) bond motifs is 2. The second-order valence-corrected chi connectivity index (χ2v) is 7.79. The summed E-state index contributed by atoms with van der Waals surface area (Å²) < 4.78 is 16.8. The van der Waals surface area contributed by atoms with Gasteiger partial charge in [-0.05, 0) is 36.4 Å². The lowest BCUT2D eigenvalue weighted by molar-refractivity contribution is -0.123. The molecule has 1 atom stereocenters. The zero-order valence-corrected chi connectivity index (χ0v) is 18.1. The van der Waals surface area contributed by atoms with Gasteiger partial charge < -0.3 is 24.6 Å². The molecule has 1 aliphatic heterocycles. The topological polar surface area (TPSA) is 89.9 Å². The summed E-state index contributed by atoms with van der Waals surface area (Å²) >= 11 is 6.52. The number of pyridine rings is 1. The van der Waals surface area contributed by atoms with Crippen molar-refractivity contribution >= 4 is 28.4 Å². The molecule has 7 nitrogen and oxygen atoms in total. The van der Waals surface area contributed by atoms with Gasteiger partial charge in [0, 0.05) is 22.7 Å². The number of aromatic nitrogens is 1. The minimum Gasteiger partial charge on any atom is -0.505 e. The number of rotatable bonds is 6. The lowest BCUT2D eigenvalue weighted by Crippen LogP contribution is -2.33. The molecule has 0 saturated carbocycles. The predicted octanol–water partition coefficient (Wildman–Crippen LogP) is 4.61. The second kappa shape index (κ2) is 8.88. The van der Waals surface area contributed by atoms with E-state index in [1.807, 2.05) is 18.2 Å². The van der Waals surface area contributed by atoms with Crippen LogP contribution in [0, 0.1) is 0 Å². The van der Waals surface area contributed by atoms with Crippen molar-refractivity contribution < 1.29 is 24.1 Å². The Labute approximate surface area is 194 Å². The van der Waals surface area contributed by atoms with Crippen LogP contribution >= 0.6 is 11.6 Å². The monoisotopic (exact) mass is 462 g/mol. The van der Waals surface area contributed by atoms with Crippen molar-refractivity contribution in [2.45, 2.75) is 6.04 Å². The fraction of sp³-hybridized carbons (Fsp3) is 0.120. The summed E-state index contributed by atoms with van der Waals surface area (Å²) in [6, 6.07) is 18.7. The maximum atomic E-state index is 12.9. The Kier molecular flexibility index (Phi) is 5.62. The quantitative estimate of drug-likeness (QED) is 0.435. The van der Waals surface area contributed by atoms with Gasteiger partial charge in [0.25, 0.3) is 5.91 Å². The minimum absolute atomic E-state index is 0.0656. The Hall–Kier alpha value is -3.97. The Morgan fingerprint density at radius 2 is 1.94 bits per heavy atom. The molecular formula is C25H19ClN2O5. The molecule has 0 fully saturated rings. The summed E-state index contributed by atoms with van der Waals surface area (Å²) in [4.78, 5) is 17.2. The highest BCUT2D eigenvalue weighted by molar-refractivity contribution is 6.35. The Bertz CT molecular complexity index is 1330. The van der Waals surface area contributed by atoms with Crippen molar-refractivity contribution in [1.82, 2.24) is 10.3 Å². The lowest BCUT2D eigenvalue weighted by Gasteiger charge is -2.23. The molecule has 5 rings (SSSR count). The molecule has 1 aromatic heterocycles. The van der Waals surface area contributed by atoms with Crippen LogP contribution in [0.4, 0.5) is 0 Å². The van der Waals surface area contributed by atoms with Gasteiger partial charge in [-0.25, -0.2) is 0 Å². The van der Waals surface area contributed by atoms with E-state index >= 15 is 0 Å². The number of nitrogens with one attached hydrogen (secondary N) is 1. The number of halogens is 1. The predicted molar refractivity (Wildman–Crippen MR) is 123 cm³/mol. The number of aromatic hydroxyl groups is 1. The standard InChI is InChI=1S/C25H19ClN2O5/c26-19-12-18(24(30)23-16(19)9-5-11-27-23)22(17-8-4-10-20-25(17)33-14-32-20)28-21(29)13-31-15-6-2-1-3-7-15/h1-12,22,30H,13-14H2,(H,28,29). The van der Waals surface area contributed by atoms with E-state index in [2.05, 4.69) is 10.3 Å². The van der Waals surface area contributed by atoms with Crippen LogP contribution < -0.4 is 19.5 Å². The number of hydrogen-bond donors (Lipinski definition) is 2. The fourth-order valence-electron chi connectivity index (χ4n) is 3.80. The highest BCUT2D eigenvalue weighted by Crippen LogP contribution is 2.44. The molecule has 1 aliphatic rings. The van der Waals surface area contributed by atoms with Gasteiger partial charge in [-0.3, -0.25) is 9.78 Å². The smallest absolute Gasteiger partial charge is 0.258 e. The van der Waals surface area contributed by atoms with Crippen molar-refractivity contribution in [3.8, 4) is 23.0 Å². The van der Waals surface area contributed by atoms with Crippen molar-refractivity contribution in [3.05, 3.63) is 89.1 Å². The molecule has 2 N–H and O–H groups in total. The van der Waals surface area contributed by atoms with Gasteiger partial charge in [-0.1, -0.05) is 41.9 Å². The first kappa shape index (κ1) is 20.9. The van der Waals surface area contributed by atoms with E-state index in [1.54, 1.807) is 54.7 Å². The number of carbonyl (C=O) groups excluding carboxylic acids is 1. The first-order chi connectivity index (χ1) is 16.1. The van der Waals surface area contributed by atoms with Crippen LogP contribution in [0.2, 0.25) is 5.02 Å². The van der Waals surface area contributed by atoms with E-state index in [9.17, 15) is 9.90 Å². The summed E-state index contributed by atoms with van der Waals surface area (Å²) in [5.74, 6) is 1.14. The van der Waals surface area contributed by atoms with Crippen molar-refractivity contribution in [2.24, 2.45) is 0 Å². The SMILES string of the molecule is O=C(COc1ccccc1)NC(c1cccc2c1OCO2)c1cc(Cl)c2cccnc2c1O. The molecule has 0 spiro atoms. The molecule has 1 unspecified atom stereocenters. The van der Waals surface area contributed by atoms with Crippen molar-refractivity contribution in [1.29, 1.82) is 0 Å². The number of amides is 1. The van der Waals surface area contributed by atoms with E-state index in [-0.39, 0.29) is 19.1 Å². The third-order valence-corrected chi connectivity index (χ3v) is 5.63. The van der Waals surface area contributed by atoms with Gasteiger partial charge in [0.2, 0.25) is 6.79 Å². The van der Waals surface area contributed by atoms with Gasteiger partial charge in [0.1, 0.15) is 17.0 Å². The first-order valence-electron chi connectivity index (χ1n) is 10.2. The Balaban J connectivity index is 1.54. The Morgan fingerprint density at radius 1 is 1.09 bits per heavy atom. The van der Waals surface area contributed by atoms with Gasteiger partial charge in [0.15, 0.2) is 18.1 Å². The van der Waals surface area contributed by atoms with E-state index in [0.29, 0.717) is 44.3 Å². The molecule has 33 heavy (non-hydrogen) atoms. The number of ether oxygens (including phenoxy) is 3. The van der Waals surface area contributed by atoms with Crippen molar-refractivity contribution in [2.75, 3.05) is 13.4 Å². The van der Waals surface area contributed by atoms with E-state index in [4.69, 9.17) is 25.8 Å². The van der Waals surface area contributed by atoms with Crippen LogP contribution in [0.1, 0.15) is 17.2 Å². The average Bonchev–Trinajstić information content (AvgIpc) is 3.34. The third-order valence-electron chi connectivity index (χ3n) is 5.31. The molecule has 0 saturated heterocycles. The number of nitrogens with zero attached hydrogens (tertiary/aromatic N) is 1. The zero-order chi connectivity index (χ0) is 22.8. The molecule has 2 heterocycles. The van der Waals surface area contributed by atoms with Gasteiger partial charge in [-0.15, -0.1) is 0 Å². The summed E-state index contributed by atoms with van der Waals surface area (Å²) in [6.07, 6.45) is 1.57. The van der Waals surface area contributed by atoms with Crippen molar-refractivity contribution in [3.63, 3.8) is 0 Å². The number of carbonyl (C=O) groups is 1. The summed E-state index contributed by atoms with van der Waals surface area (Å²) in [5, 5.41) is 15.0. The molecular weight excluding hydrogens is 444 g/mol. The average molecular weight is 463 g/mol. The largest absolute Gasteiger partial charge is 0.505 e. The van der Waals surface area contributed by atoms with Crippen LogP contribution in [-0.2, 0) is 4.79 Å². The molecule has 0 radical (unpaired) electrons. The van der Waals surface area contributed by atoms with E-state index in [1.165, 1.54) is 0 Å².